The van der Waals surface area contributed by atoms with Gasteiger partial charge in [0, 0.05) is 37.5 Å². The predicted molar refractivity (Wildman–Crippen MR) is 123 cm³/mol. The summed E-state index contributed by atoms with van der Waals surface area (Å²) in [4.78, 5) is 20.1. The number of thiophene rings is 1. The number of hydrogen-bond donors (Lipinski definition) is 0. The van der Waals surface area contributed by atoms with Crippen molar-refractivity contribution in [2.75, 3.05) is 13.1 Å². The first-order chi connectivity index (χ1) is 15.6. The van der Waals surface area contributed by atoms with Gasteiger partial charge in [-0.15, -0.1) is 21.5 Å². The first-order valence-electron chi connectivity index (χ1n) is 10.5. The second-order valence-electron chi connectivity index (χ2n) is 8.21. The summed E-state index contributed by atoms with van der Waals surface area (Å²) in [5, 5.41) is 12.7. The molecule has 6 rings (SSSR count). The molecule has 8 nitrogen and oxygen atoms in total. The molecule has 0 unspecified atom stereocenters. The van der Waals surface area contributed by atoms with Crippen molar-refractivity contribution in [2.24, 2.45) is 11.8 Å². The van der Waals surface area contributed by atoms with E-state index < -0.39 is 0 Å². The Balaban J connectivity index is 1.16. The van der Waals surface area contributed by atoms with Crippen molar-refractivity contribution in [2.45, 2.75) is 18.9 Å². The summed E-state index contributed by atoms with van der Waals surface area (Å²) in [6.45, 7) is 1.49. The largest absolute Gasteiger partial charge is 0.473 e. The molecule has 1 aliphatic carbocycles. The smallest absolute Gasteiger partial charge is 0.264 e. The van der Waals surface area contributed by atoms with Crippen LogP contribution in [0.1, 0.15) is 22.5 Å². The topological polar surface area (TPSA) is 86.0 Å². The summed E-state index contributed by atoms with van der Waals surface area (Å²) in [5.41, 5.74) is 1.73. The minimum Gasteiger partial charge on any atom is -0.473 e. The van der Waals surface area contributed by atoms with Crippen LogP contribution in [-0.2, 0) is 0 Å². The maximum absolute atomic E-state index is 13.2. The Kier molecular flexibility index (Phi) is 4.91. The Labute approximate surface area is 196 Å². The van der Waals surface area contributed by atoms with Gasteiger partial charge in [-0.05, 0) is 59.0 Å². The monoisotopic (exact) mass is 510 g/mol. The second kappa shape index (κ2) is 7.93. The maximum atomic E-state index is 13.2. The molecular formula is C22H19BrN6O2S. The minimum absolute atomic E-state index is 0.0676. The average molecular weight is 511 g/mol. The molecule has 3 atom stereocenters. The standard InChI is InChI=1S/C22H19BrN6O2S/c23-20-5-6-21(26-25-20)31-17-4-3-13-10-28(11-15(13)17)22(30)18-8-16-19(32-18)12-29(27-16)14-2-1-7-24-9-14/h1-2,5-9,12-13,15,17H,3-4,10-11H2/t13-,15+,17+/m0/s1. The van der Waals surface area contributed by atoms with Crippen LogP contribution in [0.3, 0.4) is 0 Å². The molecule has 4 aromatic heterocycles. The number of nitrogens with zero attached hydrogens (tertiary/aromatic N) is 6. The lowest BCUT2D eigenvalue weighted by atomic mass is 9.99. The number of likely N-dealkylation sites (tertiary alicyclic amines) is 1. The summed E-state index contributed by atoms with van der Waals surface area (Å²) in [5.74, 6) is 1.41. The van der Waals surface area contributed by atoms with Crippen molar-refractivity contribution in [3.8, 4) is 11.6 Å². The highest BCUT2D eigenvalue weighted by Gasteiger charge is 2.45. The highest BCUT2D eigenvalue weighted by atomic mass is 79.9. The van der Waals surface area contributed by atoms with Crippen LogP contribution in [0.15, 0.2) is 53.5 Å². The van der Waals surface area contributed by atoms with Crippen molar-refractivity contribution in [3.05, 3.63) is 58.4 Å². The number of amides is 1. The third-order valence-corrected chi connectivity index (χ3v) is 7.74. The van der Waals surface area contributed by atoms with Crippen LogP contribution in [0, 0.1) is 11.8 Å². The third kappa shape index (κ3) is 3.57. The number of aromatic nitrogens is 5. The molecule has 0 bridgehead atoms. The van der Waals surface area contributed by atoms with Crippen molar-refractivity contribution in [3.63, 3.8) is 0 Å². The zero-order valence-corrected chi connectivity index (χ0v) is 19.4. The molecule has 1 amide bonds. The number of halogens is 1. The molecule has 2 fully saturated rings. The zero-order chi connectivity index (χ0) is 21.7. The van der Waals surface area contributed by atoms with Gasteiger partial charge in [-0.3, -0.25) is 9.78 Å². The van der Waals surface area contributed by atoms with E-state index in [-0.39, 0.29) is 12.0 Å². The van der Waals surface area contributed by atoms with Crippen LogP contribution < -0.4 is 4.74 Å². The first-order valence-corrected chi connectivity index (χ1v) is 12.1. The van der Waals surface area contributed by atoms with Crippen LogP contribution in [-0.4, -0.2) is 55.0 Å². The lowest BCUT2D eigenvalue weighted by molar-refractivity contribution is 0.0765. The van der Waals surface area contributed by atoms with E-state index in [2.05, 4.69) is 36.2 Å². The van der Waals surface area contributed by atoms with Gasteiger partial charge in [0.2, 0.25) is 5.88 Å². The SMILES string of the molecule is O=C(c1cc2nn(-c3cccnc3)cc2s1)N1C[C@@H]2CC[C@@H](Oc3ccc(Br)nn3)[C@@H]2C1. The van der Waals surface area contributed by atoms with E-state index in [4.69, 9.17) is 4.74 Å². The van der Waals surface area contributed by atoms with E-state index in [1.807, 2.05) is 41.4 Å². The number of hydrogen-bond acceptors (Lipinski definition) is 7. The number of carbonyl (C=O) groups excluding carboxylic acids is 1. The van der Waals surface area contributed by atoms with Crippen molar-refractivity contribution >= 4 is 43.4 Å². The first kappa shape index (κ1) is 19.8. The molecule has 1 saturated carbocycles. The Bertz CT molecular complexity index is 1240. The predicted octanol–water partition coefficient (Wildman–Crippen LogP) is 3.96. The van der Waals surface area contributed by atoms with Gasteiger partial charge < -0.3 is 9.64 Å². The number of carbonyl (C=O) groups is 1. The Morgan fingerprint density at radius 3 is 2.91 bits per heavy atom. The number of fused-ring (bicyclic) bond motifs is 2. The fourth-order valence-corrected chi connectivity index (χ4v) is 5.95. The van der Waals surface area contributed by atoms with Crippen LogP contribution in [0.4, 0.5) is 0 Å². The lowest BCUT2D eigenvalue weighted by Gasteiger charge is -2.21. The number of rotatable bonds is 4. The summed E-state index contributed by atoms with van der Waals surface area (Å²) >= 11 is 4.79. The normalized spacial score (nSPS) is 22.4. The van der Waals surface area contributed by atoms with Gasteiger partial charge in [0.15, 0.2) is 0 Å². The van der Waals surface area contributed by atoms with E-state index >= 15 is 0 Å². The summed E-state index contributed by atoms with van der Waals surface area (Å²) in [6.07, 6.45) is 7.57. The molecule has 10 heteroatoms. The fraction of sp³-hybridized carbons (Fsp3) is 0.318. The molecule has 0 N–H and O–H groups in total. The van der Waals surface area contributed by atoms with Crippen molar-refractivity contribution in [1.29, 1.82) is 0 Å². The molecule has 0 radical (unpaired) electrons. The van der Waals surface area contributed by atoms with Crippen LogP contribution in [0.2, 0.25) is 0 Å². The van der Waals surface area contributed by atoms with Gasteiger partial charge in [0.25, 0.3) is 5.91 Å². The van der Waals surface area contributed by atoms with Gasteiger partial charge in [0.1, 0.15) is 16.2 Å². The quantitative estimate of drug-likeness (QED) is 0.412. The lowest BCUT2D eigenvalue weighted by Crippen LogP contribution is -2.32. The van der Waals surface area contributed by atoms with Gasteiger partial charge in [-0.1, -0.05) is 0 Å². The highest BCUT2D eigenvalue weighted by molar-refractivity contribution is 9.10. The van der Waals surface area contributed by atoms with Crippen molar-refractivity contribution < 1.29 is 9.53 Å². The molecule has 1 saturated heterocycles. The van der Waals surface area contributed by atoms with E-state index in [1.165, 1.54) is 11.3 Å². The van der Waals surface area contributed by atoms with Gasteiger partial charge in [-0.25, -0.2) is 4.68 Å². The average Bonchev–Trinajstić information content (AvgIpc) is 3.56. The highest BCUT2D eigenvalue weighted by Crippen LogP contribution is 2.41. The van der Waals surface area contributed by atoms with E-state index in [9.17, 15) is 4.79 Å². The molecule has 32 heavy (non-hydrogen) atoms. The zero-order valence-electron chi connectivity index (χ0n) is 17.0. The van der Waals surface area contributed by atoms with E-state index in [1.54, 1.807) is 17.1 Å². The molecule has 162 valence electrons. The Morgan fingerprint density at radius 2 is 2.12 bits per heavy atom. The van der Waals surface area contributed by atoms with Crippen LogP contribution in [0.25, 0.3) is 15.9 Å². The molecular weight excluding hydrogens is 492 g/mol. The van der Waals surface area contributed by atoms with Crippen molar-refractivity contribution in [1.82, 2.24) is 29.9 Å². The maximum Gasteiger partial charge on any atom is 0.264 e. The van der Waals surface area contributed by atoms with E-state index in [0.717, 1.165) is 40.2 Å². The molecule has 4 aromatic rings. The molecule has 2 aliphatic rings. The van der Waals surface area contributed by atoms with E-state index in [0.29, 0.717) is 28.9 Å². The number of ether oxygens (including phenoxy) is 1. The summed E-state index contributed by atoms with van der Waals surface area (Å²) in [7, 11) is 0. The Morgan fingerprint density at radius 1 is 1.19 bits per heavy atom. The number of pyridine rings is 1. The molecule has 1 aliphatic heterocycles. The molecule has 0 spiro atoms. The summed E-state index contributed by atoms with van der Waals surface area (Å²) in [6, 6.07) is 9.38. The molecule has 5 heterocycles. The molecule has 0 aromatic carbocycles. The van der Waals surface area contributed by atoms with Crippen LogP contribution in [0.5, 0.6) is 5.88 Å². The fourth-order valence-electron chi connectivity index (χ4n) is 4.75. The van der Waals surface area contributed by atoms with Crippen LogP contribution >= 0.6 is 27.3 Å². The Hall–Kier alpha value is -2.85. The van der Waals surface area contributed by atoms with Gasteiger partial charge in [-0.2, -0.15) is 5.10 Å². The summed E-state index contributed by atoms with van der Waals surface area (Å²) < 4.78 is 9.60. The minimum atomic E-state index is 0.0676. The second-order valence-corrected chi connectivity index (χ2v) is 10.1. The van der Waals surface area contributed by atoms with Gasteiger partial charge >= 0.3 is 0 Å². The van der Waals surface area contributed by atoms with Gasteiger partial charge in [0.05, 0.1) is 21.5 Å². The third-order valence-electron chi connectivity index (χ3n) is 6.27.